The maximum atomic E-state index is 11.8. The fourth-order valence-electron chi connectivity index (χ4n) is 2.56. The minimum absolute atomic E-state index is 0.159. The normalized spacial score (nSPS) is 19.6. The van der Waals surface area contributed by atoms with Gasteiger partial charge in [0.05, 0.1) is 7.11 Å². The summed E-state index contributed by atoms with van der Waals surface area (Å²) in [6.07, 6.45) is 3.37. The first-order valence-electron chi connectivity index (χ1n) is 7.28. The van der Waals surface area contributed by atoms with E-state index in [0.29, 0.717) is 6.04 Å². The summed E-state index contributed by atoms with van der Waals surface area (Å²) in [6, 6.07) is 0.362. The van der Waals surface area contributed by atoms with Crippen LogP contribution in [0.2, 0.25) is 0 Å². The van der Waals surface area contributed by atoms with Crippen LogP contribution in [0, 0.1) is 0 Å². The molecule has 0 aromatic rings. The first kappa shape index (κ1) is 16.4. The van der Waals surface area contributed by atoms with Crippen LogP contribution in [0.3, 0.4) is 0 Å². The van der Waals surface area contributed by atoms with Crippen molar-refractivity contribution in [1.82, 2.24) is 15.1 Å². The predicted octanol–water partition coefficient (Wildman–Crippen LogP) is 0.554. The number of ether oxygens (including phenoxy) is 1. The second-order valence-corrected chi connectivity index (χ2v) is 5.50. The van der Waals surface area contributed by atoms with E-state index >= 15 is 0 Å². The van der Waals surface area contributed by atoms with Crippen LogP contribution in [0.15, 0.2) is 0 Å². The number of methoxy groups -OCH3 is 1. The molecule has 1 atom stereocenters. The summed E-state index contributed by atoms with van der Waals surface area (Å²) in [5, 5.41) is 3.27. The number of hydrogen-bond donors (Lipinski definition) is 1. The maximum Gasteiger partial charge on any atom is 0.324 e. The zero-order chi connectivity index (χ0) is 14.3. The van der Waals surface area contributed by atoms with Gasteiger partial charge in [0.25, 0.3) is 0 Å². The van der Waals surface area contributed by atoms with Crippen molar-refractivity contribution in [2.75, 3.05) is 47.4 Å². The van der Waals surface area contributed by atoms with Crippen molar-refractivity contribution in [3.8, 4) is 0 Å². The fraction of sp³-hybridized carbons (Fsp3) is 0.929. The lowest BCUT2D eigenvalue weighted by Gasteiger charge is -2.36. The topological polar surface area (TPSA) is 44.8 Å². The molecule has 0 spiro atoms. The van der Waals surface area contributed by atoms with Crippen LogP contribution in [-0.2, 0) is 9.53 Å². The van der Waals surface area contributed by atoms with Crippen LogP contribution < -0.4 is 5.32 Å². The number of hydrogen-bond acceptors (Lipinski definition) is 5. The Labute approximate surface area is 117 Å². The number of carbonyl (C=O) groups is 1. The molecule has 112 valence electrons. The van der Waals surface area contributed by atoms with Gasteiger partial charge in [0.2, 0.25) is 0 Å². The van der Waals surface area contributed by atoms with Crippen molar-refractivity contribution >= 4 is 5.97 Å². The van der Waals surface area contributed by atoms with E-state index in [0.717, 1.165) is 32.6 Å². The maximum absolute atomic E-state index is 11.8. The minimum atomic E-state index is -0.213. The first-order chi connectivity index (χ1) is 9.08. The number of likely N-dealkylation sites (tertiary alicyclic amines) is 1. The van der Waals surface area contributed by atoms with E-state index in [9.17, 15) is 4.79 Å². The minimum Gasteiger partial charge on any atom is -0.468 e. The van der Waals surface area contributed by atoms with Gasteiger partial charge < -0.3 is 19.9 Å². The van der Waals surface area contributed by atoms with Gasteiger partial charge in [-0.25, -0.2) is 0 Å². The molecule has 1 fully saturated rings. The van der Waals surface area contributed by atoms with Gasteiger partial charge >= 0.3 is 5.97 Å². The monoisotopic (exact) mass is 271 g/mol. The highest BCUT2D eigenvalue weighted by Gasteiger charge is 2.25. The Balaban J connectivity index is 2.45. The van der Waals surface area contributed by atoms with Crippen molar-refractivity contribution < 1.29 is 9.53 Å². The lowest BCUT2D eigenvalue weighted by atomic mass is 10.0. The van der Waals surface area contributed by atoms with E-state index in [2.05, 4.69) is 36.1 Å². The van der Waals surface area contributed by atoms with Crippen molar-refractivity contribution in [2.24, 2.45) is 0 Å². The number of nitrogens with zero attached hydrogens (tertiary/aromatic N) is 2. The summed E-state index contributed by atoms with van der Waals surface area (Å²) in [5.41, 5.74) is 0. The second-order valence-electron chi connectivity index (χ2n) is 5.50. The summed E-state index contributed by atoms with van der Waals surface area (Å²) in [5.74, 6) is -0.159. The smallest absolute Gasteiger partial charge is 0.324 e. The van der Waals surface area contributed by atoms with Gasteiger partial charge in [-0.15, -0.1) is 0 Å². The first-order valence-corrected chi connectivity index (χ1v) is 7.28. The zero-order valence-corrected chi connectivity index (χ0v) is 12.8. The summed E-state index contributed by atoms with van der Waals surface area (Å²) in [6.45, 7) is 5.95. The number of nitrogens with one attached hydrogen (secondary N) is 1. The largest absolute Gasteiger partial charge is 0.468 e. The third-order valence-electron chi connectivity index (χ3n) is 3.91. The molecule has 0 bridgehead atoms. The van der Waals surface area contributed by atoms with Crippen molar-refractivity contribution in [1.29, 1.82) is 0 Å². The second kappa shape index (κ2) is 8.51. The van der Waals surface area contributed by atoms with Gasteiger partial charge in [-0.1, -0.05) is 6.92 Å². The molecule has 1 unspecified atom stereocenters. The summed E-state index contributed by atoms with van der Waals surface area (Å²) < 4.78 is 4.88. The Morgan fingerprint density at radius 1 is 1.47 bits per heavy atom. The Hall–Kier alpha value is -0.650. The Kier molecular flexibility index (Phi) is 7.34. The molecule has 5 nitrogen and oxygen atoms in total. The van der Waals surface area contributed by atoms with Gasteiger partial charge in [0.1, 0.15) is 6.04 Å². The average molecular weight is 271 g/mol. The van der Waals surface area contributed by atoms with Crippen LogP contribution in [0.5, 0.6) is 0 Å². The van der Waals surface area contributed by atoms with Gasteiger partial charge in [0, 0.05) is 12.6 Å². The van der Waals surface area contributed by atoms with E-state index in [4.69, 9.17) is 4.74 Å². The lowest BCUT2D eigenvalue weighted by Crippen LogP contribution is -2.50. The number of likely N-dealkylation sites (N-methyl/N-ethyl adjacent to an activating group) is 1. The summed E-state index contributed by atoms with van der Waals surface area (Å²) in [7, 11) is 5.73. The lowest BCUT2D eigenvalue weighted by molar-refractivity contribution is -0.143. The molecule has 1 saturated heterocycles. The third kappa shape index (κ3) is 5.47. The molecule has 1 aliphatic heterocycles. The van der Waals surface area contributed by atoms with E-state index in [1.807, 2.05) is 0 Å². The number of esters is 1. The molecule has 0 saturated carbocycles. The van der Waals surface area contributed by atoms with Gasteiger partial charge in [-0.05, 0) is 53.0 Å². The van der Waals surface area contributed by atoms with Crippen LogP contribution in [0.1, 0.15) is 26.2 Å². The molecule has 1 N–H and O–H groups in total. The van der Waals surface area contributed by atoms with Crippen LogP contribution in [-0.4, -0.2) is 75.2 Å². The van der Waals surface area contributed by atoms with Crippen LogP contribution in [0.4, 0.5) is 0 Å². The van der Waals surface area contributed by atoms with Gasteiger partial charge in [-0.3, -0.25) is 4.79 Å². The molecule has 0 radical (unpaired) electrons. The molecular weight excluding hydrogens is 242 g/mol. The van der Waals surface area contributed by atoms with E-state index in [1.54, 1.807) is 0 Å². The van der Waals surface area contributed by atoms with Crippen LogP contribution >= 0.6 is 0 Å². The van der Waals surface area contributed by atoms with Gasteiger partial charge in [0.15, 0.2) is 0 Å². The molecule has 1 rings (SSSR count). The molecule has 19 heavy (non-hydrogen) atoms. The highest BCUT2D eigenvalue weighted by Crippen LogP contribution is 2.14. The quantitative estimate of drug-likeness (QED) is 0.685. The molecule has 0 amide bonds. The van der Waals surface area contributed by atoms with Crippen LogP contribution in [0.25, 0.3) is 0 Å². The van der Waals surface area contributed by atoms with E-state index < -0.39 is 0 Å². The van der Waals surface area contributed by atoms with Gasteiger partial charge in [-0.2, -0.15) is 0 Å². The van der Waals surface area contributed by atoms with E-state index in [1.165, 1.54) is 20.0 Å². The van der Waals surface area contributed by atoms with Crippen molar-refractivity contribution in [3.05, 3.63) is 0 Å². The molecule has 0 aliphatic carbocycles. The number of rotatable bonds is 7. The molecular formula is C14H29N3O2. The Bertz CT molecular complexity index is 265. The summed E-state index contributed by atoms with van der Waals surface area (Å²) >= 11 is 0. The fourth-order valence-corrected chi connectivity index (χ4v) is 2.56. The SMILES string of the molecule is CCCNC(CN(C)C1CCN(C)CC1)C(=O)OC. The van der Waals surface area contributed by atoms with E-state index in [-0.39, 0.29) is 12.0 Å². The zero-order valence-electron chi connectivity index (χ0n) is 12.8. The van der Waals surface area contributed by atoms with Crippen molar-refractivity contribution in [3.63, 3.8) is 0 Å². The Morgan fingerprint density at radius 2 is 2.11 bits per heavy atom. The highest BCUT2D eigenvalue weighted by molar-refractivity contribution is 5.75. The predicted molar refractivity (Wildman–Crippen MR) is 77.2 cm³/mol. The number of carbonyl (C=O) groups excluding carboxylic acids is 1. The van der Waals surface area contributed by atoms with Crippen molar-refractivity contribution in [2.45, 2.75) is 38.3 Å². The third-order valence-corrected chi connectivity index (χ3v) is 3.91. The summed E-state index contributed by atoms with van der Waals surface area (Å²) in [4.78, 5) is 16.4. The average Bonchev–Trinajstić information content (AvgIpc) is 2.43. The molecule has 1 heterocycles. The molecule has 5 heteroatoms. The molecule has 0 aromatic carbocycles. The Morgan fingerprint density at radius 3 is 2.63 bits per heavy atom. The number of piperidine rings is 1. The molecule has 1 aliphatic rings. The highest BCUT2D eigenvalue weighted by atomic mass is 16.5. The standard InChI is InChI=1S/C14H29N3O2/c1-5-8-15-13(14(18)19-4)11-17(3)12-6-9-16(2)10-7-12/h12-13,15H,5-11H2,1-4H3. The molecule has 0 aromatic heterocycles.